The largest absolute Gasteiger partial charge is 0.476 e. The number of aromatic nitrogens is 6. The summed E-state index contributed by atoms with van der Waals surface area (Å²) in [6.07, 6.45) is 4.55. The summed E-state index contributed by atoms with van der Waals surface area (Å²) in [6, 6.07) is 1.41. The fraction of sp³-hybridized carbons (Fsp3) is 0.100. The van der Waals surface area contributed by atoms with Crippen LogP contribution in [0, 0.1) is 0 Å². The Kier molecular flexibility index (Phi) is 2.09. The minimum Gasteiger partial charge on any atom is -0.476 e. The predicted molar refractivity (Wildman–Crippen MR) is 60.4 cm³/mol. The van der Waals surface area contributed by atoms with Gasteiger partial charge in [-0.05, 0) is 6.07 Å². The molecule has 0 amide bonds. The minimum absolute atomic E-state index is 0.0364. The van der Waals surface area contributed by atoms with Gasteiger partial charge in [0.2, 0.25) is 0 Å². The Balaban J connectivity index is 2.21. The first-order valence-corrected chi connectivity index (χ1v) is 5.09. The van der Waals surface area contributed by atoms with Crippen molar-refractivity contribution in [2.75, 3.05) is 0 Å². The van der Waals surface area contributed by atoms with Crippen molar-refractivity contribution in [2.24, 2.45) is 7.05 Å². The Hall–Kier alpha value is -2.77. The molecule has 8 nitrogen and oxygen atoms in total. The van der Waals surface area contributed by atoms with Gasteiger partial charge in [0.05, 0.1) is 11.6 Å². The third kappa shape index (κ3) is 1.43. The molecule has 1 N–H and O–H groups in total. The van der Waals surface area contributed by atoms with Gasteiger partial charge in [-0.15, -0.1) is 0 Å². The van der Waals surface area contributed by atoms with Crippen LogP contribution in [0.2, 0.25) is 0 Å². The summed E-state index contributed by atoms with van der Waals surface area (Å²) < 4.78 is 3.01. The molecule has 0 aliphatic rings. The summed E-state index contributed by atoms with van der Waals surface area (Å²) in [4.78, 5) is 19.0. The van der Waals surface area contributed by atoms with Gasteiger partial charge in [0.15, 0.2) is 17.2 Å². The number of rotatable bonds is 2. The average molecular weight is 244 g/mol. The lowest BCUT2D eigenvalue weighted by Crippen LogP contribution is -2.03. The smallest absolute Gasteiger partial charge is 0.356 e. The van der Waals surface area contributed by atoms with Crippen LogP contribution in [-0.2, 0) is 7.05 Å². The van der Waals surface area contributed by atoms with Crippen molar-refractivity contribution in [3.05, 3.63) is 30.5 Å². The average Bonchev–Trinajstić information content (AvgIpc) is 2.97. The number of aryl methyl sites for hydroxylation is 1. The van der Waals surface area contributed by atoms with Crippen LogP contribution in [0.1, 0.15) is 10.5 Å². The number of carboxylic acids is 1. The van der Waals surface area contributed by atoms with E-state index >= 15 is 0 Å². The predicted octanol–water partition coefficient (Wildman–Crippen LogP) is 0.247. The molecule has 3 rings (SSSR count). The Labute approximate surface area is 101 Å². The zero-order valence-electron chi connectivity index (χ0n) is 9.35. The normalized spacial score (nSPS) is 10.9. The summed E-state index contributed by atoms with van der Waals surface area (Å²) >= 11 is 0. The quantitative estimate of drug-likeness (QED) is 0.693. The molecule has 0 aliphatic heterocycles. The molecule has 0 spiro atoms. The standard InChI is InChI=1S/C10H8N6O2/c1-15-8-6(4-13-15)9(12-5-11-8)16-3-2-7(14-16)10(17)18/h2-5H,1H3,(H,17,18). The van der Waals surface area contributed by atoms with Crippen molar-refractivity contribution in [3.63, 3.8) is 0 Å². The van der Waals surface area contributed by atoms with Gasteiger partial charge in [0.25, 0.3) is 0 Å². The molecular formula is C10H8N6O2. The van der Waals surface area contributed by atoms with Crippen molar-refractivity contribution < 1.29 is 9.90 Å². The monoisotopic (exact) mass is 244 g/mol. The molecule has 0 saturated carbocycles. The maximum absolute atomic E-state index is 10.8. The molecule has 0 atom stereocenters. The topological polar surface area (TPSA) is 98.7 Å². The van der Waals surface area contributed by atoms with E-state index in [1.54, 1.807) is 17.9 Å². The summed E-state index contributed by atoms with van der Waals surface area (Å²) in [6.45, 7) is 0. The van der Waals surface area contributed by atoms with E-state index in [1.807, 2.05) is 0 Å². The lowest BCUT2D eigenvalue weighted by Gasteiger charge is -2.00. The van der Waals surface area contributed by atoms with Crippen LogP contribution >= 0.6 is 0 Å². The number of carbonyl (C=O) groups is 1. The van der Waals surface area contributed by atoms with Gasteiger partial charge in [0.1, 0.15) is 6.33 Å². The van der Waals surface area contributed by atoms with Gasteiger partial charge < -0.3 is 5.11 Å². The first-order valence-electron chi connectivity index (χ1n) is 5.09. The molecule has 0 fully saturated rings. The van der Waals surface area contributed by atoms with Gasteiger partial charge in [-0.3, -0.25) is 4.68 Å². The van der Waals surface area contributed by atoms with Crippen LogP contribution in [0.5, 0.6) is 0 Å². The third-order valence-electron chi connectivity index (χ3n) is 2.53. The van der Waals surface area contributed by atoms with Crippen LogP contribution in [0.15, 0.2) is 24.8 Å². The lowest BCUT2D eigenvalue weighted by molar-refractivity contribution is 0.0690. The first kappa shape index (κ1) is 10.4. The van der Waals surface area contributed by atoms with Crippen LogP contribution in [0.25, 0.3) is 16.9 Å². The van der Waals surface area contributed by atoms with E-state index in [-0.39, 0.29) is 5.69 Å². The summed E-state index contributed by atoms with van der Waals surface area (Å²) in [7, 11) is 1.77. The number of hydrogen-bond donors (Lipinski definition) is 1. The Morgan fingerprint density at radius 2 is 2.22 bits per heavy atom. The highest BCUT2D eigenvalue weighted by atomic mass is 16.4. The minimum atomic E-state index is -1.08. The van der Waals surface area contributed by atoms with Crippen molar-refractivity contribution in [3.8, 4) is 5.82 Å². The van der Waals surface area contributed by atoms with E-state index in [4.69, 9.17) is 5.11 Å². The van der Waals surface area contributed by atoms with E-state index in [0.29, 0.717) is 16.9 Å². The van der Waals surface area contributed by atoms with Crippen molar-refractivity contribution >= 4 is 17.0 Å². The van der Waals surface area contributed by atoms with E-state index in [2.05, 4.69) is 20.2 Å². The highest BCUT2D eigenvalue weighted by Gasteiger charge is 2.12. The van der Waals surface area contributed by atoms with Gasteiger partial charge >= 0.3 is 5.97 Å². The molecule has 18 heavy (non-hydrogen) atoms. The van der Waals surface area contributed by atoms with Crippen LogP contribution < -0.4 is 0 Å². The van der Waals surface area contributed by atoms with Crippen LogP contribution in [-0.4, -0.2) is 40.6 Å². The second kappa shape index (κ2) is 3.62. The molecule has 0 saturated heterocycles. The van der Waals surface area contributed by atoms with Crippen LogP contribution in [0.3, 0.4) is 0 Å². The zero-order valence-corrected chi connectivity index (χ0v) is 9.35. The second-order valence-electron chi connectivity index (χ2n) is 3.65. The highest BCUT2D eigenvalue weighted by Crippen LogP contribution is 2.16. The van der Waals surface area contributed by atoms with Crippen molar-refractivity contribution in [1.29, 1.82) is 0 Å². The molecule has 3 heterocycles. The SMILES string of the molecule is Cn1ncc2c(-n3ccc(C(=O)O)n3)ncnc21. The van der Waals surface area contributed by atoms with Crippen molar-refractivity contribution in [1.82, 2.24) is 29.5 Å². The zero-order chi connectivity index (χ0) is 12.7. The van der Waals surface area contributed by atoms with E-state index in [9.17, 15) is 4.79 Å². The summed E-state index contributed by atoms with van der Waals surface area (Å²) in [5.74, 6) is -0.578. The molecule has 3 aromatic heterocycles. The summed E-state index contributed by atoms with van der Waals surface area (Å²) in [5, 5.41) is 17.6. The number of hydrogen-bond acceptors (Lipinski definition) is 5. The number of fused-ring (bicyclic) bond motifs is 1. The Morgan fingerprint density at radius 1 is 1.39 bits per heavy atom. The van der Waals surface area contributed by atoms with Gasteiger partial charge in [-0.1, -0.05) is 0 Å². The molecule has 8 heteroatoms. The number of carboxylic acid groups (broad SMARTS) is 1. The van der Waals surface area contributed by atoms with E-state index in [1.165, 1.54) is 23.3 Å². The number of aromatic carboxylic acids is 1. The molecule has 90 valence electrons. The second-order valence-corrected chi connectivity index (χ2v) is 3.65. The highest BCUT2D eigenvalue weighted by molar-refractivity contribution is 5.85. The molecular weight excluding hydrogens is 236 g/mol. The molecule has 0 unspecified atom stereocenters. The molecule has 3 aromatic rings. The Bertz CT molecular complexity index is 744. The Morgan fingerprint density at radius 3 is 2.94 bits per heavy atom. The van der Waals surface area contributed by atoms with Crippen molar-refractivity contribution in [2.45, 2.75) is 0 Å². The maximum Gasteiger partial charge on any atom is 0.356 e. The third-order valence-corrected chi connectivity index (χ3v) is 2.53. The van der Waals surface area contributed by atoms with Crippen LogP contribution in [0.4, 0.5) is 0 Å². The lowest BCUT2D eigenvalue weighted by atomic mass is 10.4. The van der Waals surface area contributed by atoms with E-state index < -0.39 is 5.97 Å². The van der Waals surface area contributed by atoms with E-state index in [0.717, 1.165) is 0 Å². The number of nitrogens with zero attached hydrogens (tertiary/aromatic N) is 6. The maximum atomic E-state index is 10.8. The molecule has 0 radical (unpaired) electrons. The summed E-state index contributed by atoms with van der Waals surface area (Å²) in [5.41, 5.74) is 0.623. The van der Waals surface area contributed by atoms with Gasteiger partial charge in [-0.2, -0.15) is 10.2 Å². The fourth-order valence-electron chi connectivity index (χ4n) is 1.69. The van der Waals surface area contributed by atoms with Gasteiger partial charge in [0, 0.05) is 13.2 Å². The fourth-order valence-corrected chi connectivity index (χ4v) is 1.69. The van der Waals surface area contributed by atoms with Gasteiger partial charge in [-0.25, -0.2) is 19.4 Å². The molecule has 0 aliphatic carbocycles. The molecule has 0 aromatic carbocycles. The first-order chi connectivity index (χ1) is 8.66. The molecule has 0 bridgehead atoms.